The van der Waals surface area contributed by atoms with Crippen LogP contribution in [0.5, 0.6) is 11.5 Å². The molecule has 1 amide bonds. The van der Waals surface area contributed by atoms with Crippen LogP contribution in [0.2, 0.25) is 0 Å². The summed E-state index contributed by atoms with van der Waals surface area (Å²) in [5, 5.41) is 5.65. The van der Waals surface area contributed by atoms with Crippen LogP contribution in [0.4, 0.5) is 0 Å². The van der Waals surface area contributed by atoms with Crippen molar-refractivity contribution < 1.29 is 19.1 Å². The van der Waals surface area contributed by atoms with Crippen molar-refractivity contribution >= 4 is 28.8 Å². The number of fused-ring (bicyclic) bond motifs is 1. The molecule has 1 atom stereocenters. The van der Waals surface area contributed by atoms with Crippen molar-refractivity contribution in [1.29, 1.82) is 0 Å². The van der Waals surface area contributed by atoms with Crippen LogP contribution in [-0.2, 0) is 14.3 Å². The quantitative estimate of drug-likeness (QED) is 0.399. The van der Waals surface area contributed by atoms with Crippen LogP contribution in [0.15, 0.2) is 82.0 Å². The Kier molecular flexibility index (Phi) is 8.38. The Morgan fingerprint density at radius 2 is 1.78 bits per heavy atom. The standard InChI is InChI=1S/C29H33N3O4S/c1-18(2)16-30-25(33)15-22-17-37-29-31-20(5)26(28(34)35-19(3)4)27(32(22)29)21-10-9-13-24(14-21)36-23-11-7-6-8-12-23/h6-14,17-19,27H,15-16H2,1-5H3,(H,30,33)/t27-/m1/s1. The minimum Gasteiger partial charge on any atom is -0.459 e. The number of amidine groups is 1. The first kappa shape index (κ1) is 26.5. The van der Waals surface area contributed by atoms with Crippen molar-refractivity contribution in [2.45, 2.75) is 53.2 Å². The van der Waals surface area contributed by atoms with E-state index in [1.807, 2.05) is 85.7 Å². The predicted molar refractivity (Wildman–Crippen MR) is 147 cm³/mol. The highest BCUT2D eigenvalue weighted by Crippen LogP contribution is 2.45. The lowest BCUT2D eigenvalue weighted by Crippen LogP contribution is -2.38. The van der Waals surface area contributed by atoms with Gasteiger partial charge in [0.15, 0.2) is 5.17 Å². The second-order valence-corrected chi connectivity index (χ2v) is 10.5. The molecule has 0 aliphatic carbocycles. The number of nitrogens with zero attached hydrogens (tertiary/aromatic N) is 2. The fraction of sp³-hybridized carbons (Fsp3) is 0.345. The highest BCUT2D eigenvalue weighted by molar-refractivity contribution is 8.16. The summed E-state index contributed by atoms with van der Waals surface area (Å²) in [6.45, 7) is 10.2. The fourth-order valence-corrected chi connectivity index (χ4v) is 5.11. The number of hydrogen-bond donors (Lipinski definition) is 1. The number of rotatable bonds is 9. The Labute approximate surface area is 222 Å². The number of carbonyl (C=O) groups is 2. The van der Waals surface area contributed by atoms with Gasteiger partial charge < -0.3 is 19.7 Å². The maximum atomic E-state index is 13.4. The number of ether oxygens (including phenoxy) is 2. The molecule has 0 spiro atoms. The SMILES string of the molecule is CC1=C(C(=O)OC(C)C)[C@@H](c2cccc(Oc3ccccc3)c2)N2C(CC(=O)NCC(C)C)=CSC2=N1. The maximum Gasteiger partial charge on any atom is 0.338 e. The largest absolute Gasteiger partial charge is 0.459 e. The zero-order valence-corrected chi connectivity index (χ0v) is 22.7. The van der Waals surface area contributed by atoms with Gasteiger partial charge in [-0.2, -0.15) is 0 Å². The lowest BCUT2D eigenvalue weighted by molar-refractivity contribution is -0.143. The molecule has 4 rings (SSSR count). The van der Waals surface area contributed by atoms with Gasteiger partial charge in [-0.15, -0.1) is 0 Å². The van der Waals surface area contributed by atoms with E-state index >= 15 is 0 Å². The van der Waals surface area contributed by atoms with Crippen LogP contribution in [-0.4, -0.2) is 34.6 Å². The van der Waals surface area contributed by atoms with Crippen molar-refractivity contribution in [2.24, 2.45) is 10.9 Å². The lowest BCUT2D eigenvalue weighted by Gasteiger charge is -2.36. The third-order valence-corrected chi connectivity index (χ3v) is 6.65. The third kappa shape index (κ3) is 6.43. The van der Waals surface area contributed by atoms with Crippen LogP contribution in [0, 0.1) is 5.92 Å². The molecule has 7 nitrogen and oxygen atoms in total. The molecule has 1 N–H and O–H groups in total. The van der Waals surface area contributed by atoms with Gasteiger partial charge in [0.05, 0.1) is 29.8 Å². The number of carbonyl (C=O) groups excluding carboxylic acids is 2. The van der Waals surface area contributed by atoms with Gasteiger partial charge in [-0.05, 0) is 61.9 Å². The molecule has 0 bridgehead atoms. The Balaban J connectivity index is 1.71. The van der Waals surface area contributed by atoms with Crippen LogP contribution >= 0.6 is 11.8 Å². The van der Waals surface area contributed by atoms with E-state index in [-0.39, 0.29) is 18.4 Å². The van der Waals surface area contributed by atoms with Crippen molar-refractivity contribution in [2.75, 3.05) is 6.54 Å². The van der Waals surface area contributed by atoms with E-state index in [2.05, 4.69) is 19.2 Å². The molecule has 0 radical (unpaired) electrons. The van der Waals surface area contributed by atoms with E-state index < -0.39 is 12.0 Å². The van der Waals surface area contributed by atoms with Crippen LogP contribution in [0.1, 0.15) is 52.6 Å². The van der Waals surface area contributed by atoms with E-state index in [1.54, 1.807) is 0 Å². The molecule has 8 heteroatoms. The zero-order valence-electron chi connectivity index (χ0n) is 21.9. The monoisotopic (exact) mass is 519 g/mol. The Morgan fingerprint density at radius 3 is 2.49 bits per heavy atom. The molecule has 0 saturated carbocycles. The summed E-state index contributed by atoms with van der Waals surface area (Å²) in [7, 11) is 0. The van der Waals surface area contributed by atoms with E-state index in [0.717, 1.165) is 22.2 Å². The molecular weight excluding hydrogens is 486 g/mol. The van der Waals surface area contributed by atoms with E-state index in [1.165, 1.54) is 11.8 Å². The fourth-order valence-electron chi connectivity index (χ4n) is 4.14. The first-order chi connectivity index (χ1) is 17.7. The molecule has 2 aromatic rings. The molecule has 0 aromatic heterocycles. The summed E-state index contributed by atoms with van der Waals surface area (Å²) in [4.78, 5) is 32.8. The first-order valence-corrected chi connectivity index (χ1v) is 13.4. The molecule has 0 unspecified atom stereocenters. The lowest BCUT2D eigenvalue weighted by atomic mass is 9.93. The van der Waals surface area contributed by atoms with E-state index in [4.69, 9.17) is 14.5 Å². The molecule has 2 aliphatic rings. The number of aliphatic imine (C=N–C) groups is 1. The number of para-hydroxylation sites is 1. The molecule has 2 aromatic carbocycles. The molecule has 37 heavy (non-hydrogen) atoms. The number of thioether (sulfide) groups is 1. The van der Waals surface area contributed by atoms with Crippen molar-refractivity contribution in [3.05, 3.63) is 82.5 Å². The predicted octanol–water partition coefficient (Wildman–Crippen LogP) is 6.17. The zero-order chi connectivity index (χ0) is 26.5. The number of benzene rings is 2. The second-order valence-electron chi connectivity index (χ2n) is 9.71. The van der Waals surface area contributed by atoms with Gasteiger partial charge in [-0.1, -0.05) is 55.9 Å². The van der Waals surface area contributed by atoms with Crippen LogP contribution < -0.4 is 10.1 Å². The molecule has 2 heterocycles. The van der Waals surface area contributed by atoms with Gasteiger partial charge in [-0.3, -0.25) is 4.79 Å². The van der Waals surface area contributed by atoms with Gasteiger partial charge in [0, 0.05) is 12.2 Å². The molecule has 2 aliphatic heterocycles. The first-order valence-electron chi connectivity index (χ1n) is 12.5. The summed E-state index contributed by atoms with van der Waals surface area (Å²) in [6.07, 6.45) is -0.0996. The van der Waals surface area contributed by atoms with Crippen LogP contribution in [0.3, 0.4) is 0 Å². The second kappa shape index (κ2) is 11.7. The molecular formula is C29H33N3O4S. The molecule has 0 saturated heterocycles. The summed E-state index contributed by atoms with van der Waals surface area (Å²) in [5.74, 6) is 1.23. The molecule has 0 fully saturated rings. The Bertz CT molecular complexity index is 1250. The summed E-state index contributed by atoms with van der Waals surface area (Å²) in [5.41, 5.74) is 2.67. The van der Waals surface area contributed by atoms with Gasteiger partial charge in [0.25, 0.3) is 0 Å². The third-order valence-electron chi connectivity index (χ3n) is 5.77. The number of nitrogens with one attached hydrogen (secondary N) is 1. The maximum absolute atomic E-state index is 13.4. The average molecular weight is 520 g/mol. The van der Waals surface area contributed by atoms with Gasteiger partial charge in [0.2, 0.25) is 5.91 Å². The topological polar surface area (TPSA) is 80.2 Å². The highest BCUT2D eigenvalue weighted by atomic mass is 32.2. The van der Waals surface area contributed by atoms with Crippen molar-refractivity contribution in [3.8, 4) is 11.5 Å². The van der Waals surface area contributed by atoms with Gasteiger partial charge in [-0.25, -0.2) is 9.79 Å². The smallest absolute Gasteiger partial charge is 0.338 e. The Hall–Kier alpha value is -3.52. The Morgan fingerprint density at radius 1 is 1.05 bits per heavy atom. The van der Waals surface area contributed by atoms with E-state index in [0.29, 0.717) is 29.5 Å². The summed E-state index contributed by atoms with van der Waals surface area (Å²) in [6, 6.07) is 16.7. The van der Waals surface area contributed by atoms with Gasteiger partial charge in [0.1, 0.15) is 11.5 Å². The normalized spacial score (nSPS) is 16.9. The number of hydrogen-bond acceptors (Lipinski definition) is 7. The number of allylic oxidation sites excluding steroid dienone is 1. The highest BCUT2D eigenvalue weighted by Gasteiger charge is 2.41. The summed E-state index contributed by atoms with van der Waals surface area (Å²) < 4.78 is 11.7. The average Bonchev–Trinajstić information content (AvgIpc) is 3.24. The van der Waals surface area contributed by atoms with E-state index in [9.17, 15) is 9.59 Å². The summed E-state index contributed by atoms with van der Waals surface area (Å²) >= 11 is 1.45. The van der Waals surface area contributed by atoms with Crippen molar-refractivity contribution in [3.63, 3.8) is 0 Å². The minimum atomic E-state index is -0.516. The van der Waals surface area contributed by atoms with Gasteiger partial charge >= 0.3 is 5.97 Å². The van der Waals surface area contributed by atoms with Crippen molar-refractivity contribution in [1.82, 2.24) is 10.2 Å². The number of amides is 1. The van der Waals surface area contributed by atoms with Crippen LogP contribution in [0.25, 0.3) is 0 Å². The number of esters is 1. The minimum absolute atomic E-state index is 0.0701. The molecule has 194 valence electrons.